The number of amides is 1. The first-order valence-electron chi connectivity index (χ1n) is 12.0. The first-order valence-corrected chi connectivity index (χ1v) is 15.7. The third-order valence-electron chi connectivity index (χ3n) is 6.27. The number of halogens is 2. The van der Waals surface area contributed by atoms with E-state index in [9.17, 15) is 21.6 Å². The van der Waals surface area contributed by atoms with Gasteiger partial charge in [-0.2, -0.15) is 4.31 Å². The lowest BCUT2D eigenvalue weighted by Gasteiger charge is -2.20. The minimum absolute atomic E-state index is 0.0479. The van der Waals surface area contributed by atoms with Gasteiger partial charge in [-0.15, -0.1) is 0 Å². The molecule has 0 atom stereocenters. The monoisotopic (exact) mass is 595 g/mol. The molecule has 0 aliphatic carbocycles. The maximum atomic E-state index is 13.2. The van der Waals surface area contributed by atoms with E-state index in [-0.39, 0.29) is 31.1 Å². The fraction of sp³-hybridized carbons (Fsp3) is 0.269. The Morgan fingerprint density at radius 1 is 0.842 bits per heavy atom. The lowest BCUT2D eigenvalue weighted by atomic mass is 10.1. The highest BCUT2D eigenvalue weighted by Crippen LogP contribution is 2.31. The Labute approximate surface area is 233 Å². The Morgan fingerprint density at radius 3 is 2.13 bits per heavy atom. The van der Waals surface area contributed by atoms with Crippen LogP contribution in [0.2, 0.25) is 10.0 Å². The molecule has 2 N–H and O–H groups in total. The molecular formula is C26H27Cl2N3O5S2. The zero-order valence-electron chi connectivity index (χ0n) is 20.6. The van der Waals surface area contributed by atoms with Gasteiger partial charge in [0.2, 0.25) is 10.0 Å². The summed E-state index contributed by atoms with van der Waals surface area (Å²) in [5.74, 6) is -0.505. The normalized spacial score (nSPS) is 15.0. The zero-order chi connectivity index (χ0) is 27.5. The van der Waals surface area contributed by atoms with Crippen LogP contribution < -0.4 is 10.0 Å². The molecule has 0 unspecified atom stereocenters. The number of sulfonamides is 2. The predicted octanol–water partition coefficient (Wildman–Crippen LogP) is 5.92. The first kappa shape index (κ1) is 28.4. The van der Waals surface area contributed by atoms with Crippen molar-refractivity contribution in [2.75, 3.05) is 23.1 Å². The maximum absolute atomic E-state index is 13.2. The summed E-state index contributed by atoms with van der Waals surface area (Å²) in [6.45, 7) is 2.65. The topological polar surface area (TPSA) is 113 Å². The molecule has 0 aromatic heterocycles. The van der Waals surface area contributed by atoms with Crippen LogP contribution in [0.5, 0.6) is 0 Å². The van der Waals surface area contributed by atoms with Crippen LogP contribution in [-0.2, 0) is 20.0 Å². The van der Waals surface area contributed by atoms with Crippen LogP contribution in [0, 0.1) is 6.92 Å². The largest absolute Gasteiger partial charge is 0.322 e. The van der Waals surface area contributed by atoms with E-state index in [4.69, 9.17) is 23.2 Å². The number of anilines is 2. The Bertz CT molecular complexity index is 1550. The van der Waals surface area contributed by atoms with E-state index in [0.29, 0.717) is 24.3 Å². The first-order chi connectivity index (χ1) is 18.0. The van der Waals surface area contributed by atoms with E-state index in [1.54, 1.807) is 25.1 Å². The van der Waals surface area contributed by atoms with Gasteiger partial charge in [0.15, 0.2) is 0 Å². The fourth-order valence-electron chi connectivity index (χ4n) is 4.14. The summed E-state index contributed by atoms with van der Waals surface area (Å²) in [5, 5.41) is 3.00. The summed E-state index contributed by atoms with van der Waals surface area (Å²) in [6.07, 6.45) is 3.62. The van der Waals surface area contributed by atoms with Gasteiger partial charge in [-0.1, -0.05) is 48.2 Å². The Hall–Kier alpha value is -2.63. The number of carbonyl (C=O) groups excluding carboxylic acids is 1. The number of rotatable bonds is 7. The second-order valence-electron chi connectivity index (χ2n) is 8.98. The van der Waals surface area contributed by atoms with E-state index in [0.717, 1.165) is 25.7 Å². The molecule has 8 nitrogen and oxygen atoms in total. The van der Waals surface area contributed by atoms with Crippen LogP contribution in [0.15, 0.2) is 70.5 Å². The third kappa shape index (κ3) is 6.32. The second kappa shape index (κ2) is 11.6. The molecule has 1 amide bonds. The molecule has 3 aromatic rings. The van der Waals surface area contributed by atoms with Crippen molar-refractivity contribution < 1.29 is 21.6 Å². The molecular weight excluding hydrogens is 569 g/mol. The second-order valence-corrected chi connectivity index (χ2v) is 13.4. The lowest BCUT2D eigenvalue weighted by molar-refractivity contribution is 0.102. The number of aryl methyl sites for hydroxylation is 1. The van der Waals surface area contributed by atoms with Crippen LogP contribution in [-0.4, -0.2) is 40.1 Å². The molecule has 1 aliphatic rings. The number of nitrogens with zero attached hydrogens (tertiary/aromatic N) is 1. The number of hydrogen-bond donors (Lipinski definition) is 2. The number of nitrogens with one attached hydrogen (secondary N) is 2. The Morgan fingerprint density at radius 2 is 1.47 bits per heavy atom. The van der Waals surface area contributed by atoms with Crippen molar-refractivity contribution in [3.63, 3.8) is 0 Å². The summed E-state index contributed by atoms with van der Waals surface area (Å²) in [6, 6.07) is 14.7. The minimum Gasteiger partial charge on any atom is -0.322 e. The summed E-state index contributed by atoms with van der Waals surface area (Å²) in [4.78, 5) is 13.1. The van der Waals surface area contributed by atoms with Gasteiger partial charge in [0, 0.05) is 24.3 Å². The average Bonchev–Trinajstić information content (AvgIpc) is 3.17. The standard InChI is InChI=1S/C26H27Cl2N3O5S2/c1-18-9-12-21(38(35,36)31-15-4-2-3-5-16-31)17-22(18)26(32)29-19-10-13-20(14-11-19)37(33,34)30-24-8-6-7-23(27)25(24)28/h6-14,17,30H,2-5,15-16H2,1H3,(H,29,32). The molecule has 38 heavy (non-hydrogen) atoms. The van der Waals surface area contributed by atoms with Crippen LogP contribution in [0.1, 0.15) is 41.6 Å². The van der Waals surface area contributed by atoms with Gasteiger partial charge in [-0.3, -0.25) is 9.52 Å². The molecule has 1 aliphatic heterocycles. The molecule has 1 fully saturated rings. The molecule has 12 heteroatoms. The van der Waals surface area contributed by atoms with E-state index < -0.39 is 26.0 Å². The van der Waals surface area contributed by atoms with Gasteiger partial charge in [-0.25, -0.2) is 16.8 Å². The van der Waals surface area contributed by atoms with Crippen LogP contribution in [0.3, 0.4) is 0 Å². The molecule has 3 aromatic carbocycles. The van der Waals surface area contributed by atoms with Gasteiger partial charge in [0.05, 0.1) is 25.5 Å². The molecule has 0 bridgehead atoms. The van der Waals surface area contributed by atoms with E-state index in [1.807, 2.05) is 0 Å². The fourth-order valence-corrected chi connectivity index (χ4v) is 7.16. The summed E-state index contributed by atoms with van der Waals surface area (Å²) in [7, 11) is -7.69. The zero-order valence-corrected chi connectivity index (χ0v) is 23.7. The van der Waals surface area contributed by atoms with E-state index in [1.165, 1.54) is 46.8 Å². The predicted molar refractivity (Wildman–Crippen MR) is 150 cm³/mol. The average molecular weight is 597 g/mol. The highest BCUT2D eigenvalue weighted by molar-refractivity contribution is 7.92. The van der Waals surface area contributed by atoms with E-state index >= 15 is 0 Å². The van der Waals surface area contributed by atoms with Crippen molar-refractivity contribution in [1.29, 1.82) is 0 Å². The smallest absolute Gasteiger partial charge is 0.261 e. The molecule has 0 spiro atoms. The van der Waals surface area contributed by atoms with Crippen molar-refractivity contribution in [1.82, 2.24) is 4.31 Å². The van der Waals surface area contributed by atoms with Crippen molar-refractivity contribution in [2.24, 2.45) is 0 Å². The maximum Gasteiger partial charge on any atom is 0.261 e. The molecule has 0 radical (unpaired) electrons. The van der Waals surface area contributed by atoms with Crippen LogP contribution >= 0.6 is 23.2 Å². The number of hydrogen-bond acceptors (Lipinski definition) is 5. The molecule has 1 saturated heterocycles. The number of carbonyl (C=O) groups is 1. The van der Waals surface area contributed by atoms with Crippen molar-refractivity contribution in [3.05, 3.63) is 81.8 Å². The Kier molecular flexibility index (Phi) is 8.68. The van der Waals surface area contributed by atoms with Gasteiger partial charge in [0.25, 0.3) is 15.9 Å². The molecule has 202 valence electrons. The SMILES string of the molecule is Cc1ccc(S(=O)(=O)N2CCCCCC2)cc1C(=O)Nc1ccc(S(=O)(=O)Nc2cccc(Cl)c2Cl)cc1. The van der Waals surface area contributed by atoms with Crippen LogP contribution in [0.4, 0.5) is 11.4 Å². The summed E-state index contributed by atoms with van der Waals surface area (Å²) in [5.41, 5.74) is 1.31. The summed E-state index contributed by atoms with van der Waals surface area (Å²) < 4.78 is 55.9. The minimum atomic E-state index is -3.97. The van der Waals surface area contributed by atoms with Gasteiger partial charge >= 0.3 is 0 Å². The quantitative estimate of drug-likeness (QED) is 0.352. The highest BCUT2D eigenvalue weighted by atomic mass is 35.5. The molecule has 4 rings (SSSR count). The Balaban J connectivity index is 1.51. The van der Waals surface area contributed by atoms with Crippen molar-refractivity contribution in [3.8, 4) is 0 Å². The third-order valence-corrected chi connectivity index (χ3v) is 10.4. The van der Waals surface area contributed by atoms with Crippen molar-refractivity contribution in [2.45, 2.75) is 42.4 Å². The van der Waals surface area contributed by atoms with Gasteiger partial charge in [-0.05, 0) is 73.9 Å². The summed E-state index contributed by atoms with van der Waals surface area (Å²) >= 11 is 12.0. The van der Waals surface area contributed by atoms with Crippen molar-refractivity contribution >= 4 is 60.5 Å². The molecule has 1 heterocycles. The van der Waals surface area contributed by atoms with Crippen LogP contribution in [0.25, 0.3) is 0 Å². The molecule has 0 saturated carbocycles. The highest BCUT2D eigenvalue weighted by Gasteiger charge is 2.26. The van der Waals surface area contributed by atoms with Gasteiger partial charge < -0.3 is 5.32 Å². The van der Waals surface area contributed by atoms with Gasteiger partial charge in [0.1, 0.15) is 0 Å². The van der Waals surface area contributed by atoms with E-state index in [2.05, 4.69) is 10.0 Å². The number of benzene rings is 3. The lowest BCUT2D eigenvalue weighted by Crippen LogP contribution is -2.32.